The molecule has 0 saturated carbocycles. The second-order valence-electron chi connectivity index (χ2n) is 4.29. The van der Waals surface area contributed by atoms with E-state index in [-0.39, 0.29) is 18.4 Å². The number of carbonyl (C=O) groups is 2. The summed E-state index contributed by atoms with van der Waals surface area (Å²) in [5.74, 6) is -0.377. The molecule has 1 aromatic rings. The SMILES string of the molecule is C[C@@H]1NC(=O)[C@H](COCc2ccccc2)NC1=O. The van der Waals surface area contributed by atoms with Crippen molar-refractivity contribution in [3.8, 4) is 0 Å². The molecule has 1 aromatic carbocycles. The van der Waals surface area contributed by atoms with E-state index in [2.05, 4.69) is 10.6 Å². The minimum atomic E-state index is -0.600. The first-order chi connectivity index (χ1) is 8.66. The number of nitrogens with one attached hydrogen (secondary N) is 2. The highest BCUT2D eigenvalue weighted by Gasteiger charge is 2.30. The lowest BCUT2D eigenvalue weighted by Crippen LogP contribution is -2.62. The van der Waals surface area contributed by atoms with Crippen LogP contribution in [0.5, 0.6) is 0 Å². The maximum absolute atomic E-state index is 11.6. The predicted molar refractivity (Wildman–Crippen MR) is 65.6 cm³/mol. The lowest BCUT2D eigenvalue weighted by Gasteiger charge is -2.27. The molecule has 18 heavy (non-hydrogen) atoms. The fourth-order valence-corrected chi connectivity index (χ4v) is 1.73. The summed E-state index contributed by atoms with van der Waals surface area (Å²) in [5, 5.41) is 5.22. The van der Waals surface area contributed by atoms with Gasteiger partial charge < -0.3 is 15.4 Å². The molecule has 0 spiro atoms. The molecule has 2 rings (SSSR count). The lowest BCUT2D eigenvalue weighted by molar-refractivity contribution is -0.138. The van der Waals surface area contributed by atoms with E-state index in [0.717, 1.165) is 5.56 Å². The van der Waals surface area contributed by atoms with Gasteiger partial charge in [0.2, 0.25) is 11.8 Å². The molecule has 0 aromatic heterocycles. The van der Waals surface area contributed by atoms with Gasteiger partial charge in [-0.1, -0.05) is 30.3 Å². The Balaban J connectivity index is 1.80. The smallest absolute Gasteiger partial charge is 0.245 e. The number of hydrogen-bond donors (Lipinski definition) is 2. The van der Waals surface area contributed by atoms with E-state index in [4.69, 9.17) is 4.74 Å². The summed E-state index contributed by atoms with van der Waals surface area (Å²) in [4.78, 5) is 23.0. The van der Waals surface area contributed by atoms with Crippen LogP contribution in [0, 0.1) is 0 Å². The van der Waals surface area contributed by atoms with Gasteiger partial charge in [-0.3, -0.25) is 9.59 Å². The molecule has 1 aliphatic rings. The van der Waals surface area contributed by atoms with Gasteiger partial charge in [-0.05, 0) is 12.5 Å². The fourth-order valence-electron chi connectivity index (χ4n) is 1.73. The molecule has 1 saturated heterocycles. The van der Waals surface area contributed by atoms with Crippen molar-refractivity contribution in [2.75, 3.05) is 6.61 Å². The van der Waals surface area contributed by atoms with Crippen molar-refractivity contribution in [2.45, 2.75) is 25.6 Å². The van der Waals surface area contributed by atoms with Crippen molar-refractivity contribution in [1.29, 1.82) is 0 Å². The van der Waals surface area contributed by atoms with Crippen LogP contribution in [0.4, 0.5) is 0 Å². The molecular formula is C13H16N2O3. The highest BCUT2D eigenvalue weighted by atomic mass is 16.5. The number of amides is 2. The first-order valence-electron chi connectivity index (χ1n) is 5.89. The summed E-state index contributed by atoms with van der Waals surface area (Å²) in [6, 6.07) is 8.61. The molecule has 5 nitrogen and oxygen atoms in total. The maximum Gasteiger partial charge on any atom is 0.245 e. The molecular weight excluding hydrogens is 232 g/mol. The summed E-state index contributed by atoms with van der Waals surface area (Å²) >= 11 is 0. The van der Waals surface area contributed by atoms with E-state index in [1.165, 1.54) is 0 Å². The Labute approximate surface area is 106 Å². The van der Waals surface area contributed by atoms with E-state index < -0.39 is 12.1 Å². The van der Waals surface area contributed by atoms with Crippen LogP contribution in [0.2, 0.25) is 0 Å². The topological polar surface area (TPSA) is 67.4 Å². The van der Waals surface area contributed by atoms with Crippen molar-refractivity contribution < 1.29 is 14.3 Å². The Hall–Kier alpha value is -1.88. The van der Waals surface area contributed by atoms with Gasteiger partial charge in [0.05, 0.1) is 13.2 Å². The van der Waals surface area contributed by atoms with Gasteiger partial charge in [0.1, 0.15) is 12.1 Å². The van der Waals surface area contributed by atoms with E-state index in [9.17, 15) is 9.59 Å². The quantitative estimate of drug-likeness (QED) is 0.800. The molecule has 0 bridgehead atoms. The first kappa shape index (κ1) is 12.6. The van der Waals surface area contributed by atoms with Crippen LogP contribution in [0.25, 0.3) is 0 Å². The Morgan fingerprint density at radius 1 is 1.11 bits per heavy atom. The third-order valence-electron chi connectivity index (χ3n) is 2.78. The minimum Gasteiger partial charge on any atom is -0.374 e. The van der Waals surface area contributed by atoms with Gasteiger partial charge >= 0.3 is 0 Å². The fraction of sp³-hybridized carbons (Fsp3) is 0.385. The summed E-state index contributed by atoms with van der Waals surface area (Å²) < 4.78 is 5.44. The Kier molecular flexibility index (Phi) is 3.94. The monoisotopic (exact) mass is 248 g/mol. The summed E-state index contributed by atoms with van der Waals surface area (Å²) in [7, 11) is 0. The largest absolute Gasteiger partial charge is 0.374 e. The standard InChI is InChI=1S/C13H16N2O3/c1-9-12(16)15-11(13(17)14-9)8-18-7-10-5-3-2-4-6-10/h2-6,9,11H,7-8H2,1H3,(H,14,17)(H,15,16)/t9-,11-/m0/s1. The number of rotatable bonds is 4. The third kappa shape index (κ3) is 3.07. The molecule has 5 heteroatoms. The van der Waals surface area contributed by atoms with Crippen molar-refractivity contribution in [2.24, 2.45) is 0 Å². The van der Waals surface area contributed by atoms with Gasteiger partial charge in [0, 0.05) is 0 Å². The zero-order chi connectivity index (χ0) is 13.0. The Morgan fingerprint density at radius 3 is 2.56 bits per heavy atom. The minimum absolute atomic E-state index is 0.178. The summed E-state index contributed by atoms with van der Waals surface area (Å²) in [6.07, 6.45) is 0. The average molecular weight is 248 g/mol. The molecule has 1 heterocycles. The molecule has 2 amide bonds. The Bertz CT molecular complexity index is 433. The molecule has 1 fully saturated rings. The molecule has 96 valence electrons. The Morgan fingerprint density at radius 2 is 1.83 bits per heavy atom. The van der Waals surface area contributed by atoms with Crippen molar-refractivity contribution in [1.82, 2.24) is 10.6 Å². The normalized spacial score (nSPS) is 23.4. The molecule has 2 atom stereocenters. The van der Waals surface area contributed by atoms with E-state index in [0.29, 0.717) is 6.61 Å². The van der Waals surface area contributed by atoms with E-state index >= 15 is 0 Å². The number of benzene rings is 1. The second-order valence-corrected chi connectivity index (χ2v) is 4.29. The van der Waals surface area contributed by atoms with Crippen molar-refractivity contribution in [3.63, 3.8) is 0 Å². The van der Waals surface area contributed by atoms with Crippen LogP contribution >= 0.6 is 0 Å². The van der Waals surface area contributed by atoms with Crippen LogP contribution in [0.15, 0.2) is 30.3 Å². The zero-order valence-electron chi connectivity index (χ0n) is 10.2. The van der Waals surface area contributed by atoms with Crippen LogP contribution in [0.3, 0.4) is 0 Å². The van der Waals surface area contributed by atoms with E-state index in [1.54, 1.807) is 6.92 Å². The molecule has 2 N–H and O–H groups in total. The van der Waals surface area contributed by atoms with Crippen LogP contribution in [0.1, 0.15) is 12.5 Å². The van der Waals surface area contributed by atoms with Gasteiger partial charge in [0.15, 0.2) is 0 Å². The lowest BCUT2D eigenvalue weighted by atomic mass is 10.1. The van der Waals surface area contributed by atoms with E-state index in [1.807, 2.05) is 30.3 Å². The van der Waals surface area contributed by atoms with Gasteiger partial charge in [-0.15, -0.1) is 0 Å². The first-order valence-corrected chi connectivity index (χ1v) is 5.89. The molecule has 0 aliphatic carbocycles. The summed E-state index contributed by atoms with van der Waals surface area (Å²) in [5.41, 5.74) is 1.04. The predicted octanol–water partition coefficient (Wildman–Crippen LogP) is 0.206. The molecule has 0 radical (unpaired) electrons. The highest BCUT2D eigenvalue weighted by molar-refractivity contribution is 5.96. The van der Waals surface area contributed by atoms with Gasteiger partial charge in [-0.25, -0.2) is 0 Å². The molecule has 0 unspecified atom stereocenters. The third-order valence-corrected chi connectivity index (χ3v) is 2.78. The van der Waals surface area contributed by atoms with Gasteiger partial charge in [0.25, 0.3) is 0 Å². The van der Waals surface area contributed by atoms with Crippen molar-refractivity contribution >= 4 is 11.8 Å². The summed E-state index contributed by atoms with van der Waals surface area (Å²) in [6.45, 7) is 2.25. The number of carbonyl (C=O) groups excluding carboxylic acids is 2. The number of hydrogen-bond acceptors (Lipinski definition) is 3. The number of ether oxygens (including phenoxy) is 1. The van der Waals surface area contributed by atoms with Gasteiger partial charge in [-0.2, -0.15) is 0 Å². The maximum atomic E-state index is 11.6. The van der Waals surface area contributed by atoms with Crippen LogP contribution in [-0.4, -0.2) is 30.5 Å². The molecule has 1 aliphatic heterocycles. The zero-order valence-corrected chi connectivity index (χ0v) is 10.2. The number of piperazine rings is 1. The second kappa shape index (κ2) is 5.64. The van der Waals surface area contributed by atoms with Crippen LogP contribution < -0.4 is 10.6 Å². The van der Waals surface area contributed by atoms with Crippen molar-refractivity contribution in [3.05, 3.63) is 35.9 Å². The highest BCUT2D eigenvalue weighted by Crippen LogP contribution is 2.03. The van der Waals surface area contributed by atoms with Crippen LogP contribution in [-0.2, 0) is 20.9 Å². The average Bonchev–Trinajstić information content (AvgIpc) is 2.37.